The van der Waals surface area contributed by atoms with Crippen molar-refractivity contribution in [2.75, 3.05) is 6.54 Å². The number of hydrogen-bond acceptors (Lipinski definition) is 3. The molecular formula is C14H27N3O2S. The van der Waals surface area contributed by atoms with Crippen LogP contribution in [-0.2, 0) is 23.6 Å². The van der Waals surface area contributed by atoms with Crippen molar-refractivity contribution < 1.29 is 8.42 Å². The molecule has 1 atom stereocenters. The molecule has 6 heteroatoms. The first-order valence-corrected chi connectivity index (χ1v) is 8.64. The first-order chi connectivity index (χ1) is 9.27. The third-order valence-electron chi connectivity index (χ3n) is 3.47. The number of nitrogens with one attached hydrogen (secondary N) is 2. The Kier molecular flexibility index (Phi) is 6.23. The van der Waals surface area contributed by atoms with E-state index in [1.165, 1.54) is 0 Å². The SMILES string of the molecule is CCCNCc1cc(S(=O)(=O)NC(C)C(C)C)cn1C. The smallest absolute Gasteiger partial charge is 0.242 e. The molecule has 0 spiro atoms. The lowest BCUT2D eigenvalue weighted by Gasteiger charge is -2.16. The maximum Gasteiger partial charge on any atom is 0.242 e. The Morgan fingerprint density at radius 2 is 1.95 bits per heavy atom. The fraction of sp³-hybridized carbons (Fsp3) is 0.714. The van der Waals surface area contributed by atoms with Crippen LogP contribution in [0, 0.1) is 5.92 Å². The Balaban J connectivity index is 2.83. The molecule has 0 saturated heterocycles. The van der Waals surface area contributed by atoms with Crippen molar-refractivity contribution in [3.63, 3.8) is 0 Å². The molecule has 5 nitrogen and oxygen atoms in total. The Hall–Kier alpha value is -0.850. The van der Waals surface area contributed by atoms with Crippen molar-refractivity contribution >= 4 is 10.0 Å². The lowest BCUT2D eigenvalue weighted by atomic mass is 10.1. The van der Waals surface area contributed by atoms with Crippen molar-refractivity contribution in [2.45, 2.75) is 51.6 Å². The second-order valence-corrected chi connectivity index (χ2v) is 7.32. The Labute approximate surface area is 122 Å². The standard InChI is InChI=1S/C14H27N3O2S/c1-6-7-15-9-13-8-14(10-17(13)5)20(18,19)16-12(4)11(2)3/h8,10-12,15-16H,6-7,9H2,1-5H3. The highest BCUT2D eigenvalue weighted by Gasteiger charge is 2.21. The van der Waals surface area contributed by atoms with Crippen LogP contribution in [0.25, 0.3) is 0 Å². The number of sulfonamides is 1. The van der Waals surface area contributed by atoms with E-state index in [-0.39, 0.29) is 12.0 Å². The molecule has 1 aromatic heterocycles. The van der Waals surface area contributed by atoms with Gasteiger partial charge < -0.3 is 9.88 Å². The molecule has 0 aromatic carbocycles. The number of aryl methyl sites for hydroxylation is 1. The summed E-state index contributed by atoms with van der Waals surface area (Å²) in [6.45, 7) is 9.59. The van der Waals surface area contributed by atoms with Gasteiger partial charge in [-0.3, -0.25) is 0 Å². The second kappa shape index (κ2) is 7.24. The largest absolute Gasteiger partial charge is 0.352 e. The molecule has 0 aliphatic rings. The van der Waals surface area contributed by atoms with Crippen LogP contribution in [0.3, 0.4) is 0 Å². The van der Waals surface area contributed by atoms with E-state index in [1.54, 1.807) is 12.3 Å². The van der Waals surface area contributed by atoms with Gasteiger partial charge in [0.1, 0.15) is 0 Å². The third kappa shape index (κ3) is 4.61. The van der Waals surface area contributed by atoms with Gasteiger partial charge in [-0.2, -0.15) is 0 Å². The lowest BCUT2D eigenvalue weighted by molar-refractivity contribution is 0.476. The van der Waals surface area contributed by atoms with Gasteiger partial charge in [-0.15, -0.1) is 0 Å². The molecular weight excluding hydrogens is 274 g/mol. The van der Waals surface area contributed by atoms with Gasteiger partial charge in [-0.25, -0.2) is 13.1 Å². The van der Waals surface area contributed by atoms with Crippen molar-refractivity contribution in [2.24, 2.45) is 13.0 Å². The fourth-order valence-corrected chi connectivity index (χ4v) is 3.23. The molecule has 2 N–H and O–H groups in total. The molecule has 0 bridgehead atoms. The maximum atomic E-state index is 12.3. The summed E-state index contributed by atoms with van der Waals surface area (Å²) in [6.07, 6.45) is 2.72. The molecule has 1 rings (SSSR count). The number of aromatic nitrogens is 1. The summed E-state index contributed by atoms with van der Waals surface area (Å²) in [6, 6.07) is 1.65. The molecule has 0 amide bonds. The molecule has 0 radical (unpaired) electrons. The first-order valence-electron chi connectivity index (χ1n) is 7.16. The van der Waals surface area contributed by atoms with Gasteiger partial charge in [0.05, 0.1) is 4.90 Å². The van der Waals surface area contributed by atoms with Gasteiger partial charge in [-0.1, -0.05) is 20.8 Å². The fourth-order valence-electron chi connectivity index (χ4n) is 1.74. The van der Waals surface area contributed by atoms with Gasteiger partial charge in [0.2, 0.25) is 10.0 Å². The van der Waals surface area contributed by atoms with Crippen molar-refractivity contribution in [3.05, 3.63) is 18.0 Å². The molecule has 1 heterocycles. The predicted octanol–water partition coefficient (Wildman–Crippen LogP) is 1.85. The number of hydrogen-bond donors (Lipinski definition) is 2. The Morgan fingerprint density at radius 1 is 1.30 bits per heavy atom. The molecule has 0 fully saturated rings. The molecule has 0 aliphatic heterocycles. The second-order valence-electron chi connectivity index (χ2n) is 5.61. The molecule has 116 valence electrons. The van der Waals surface area contributed by atoms with Gasteiger partial charge >= 0.3 is 0 Å². The van der Waals surface area contributed by atoms with E-state index in [4.69, 9.17) is 0 Å². The summed E-state index contributed by atoms with van der Waals surface area (Å²) in [5.74, 6) is 0.263. The van der Waals surface area contributed by atoms with E-state index in [0.717, 1.165) is 18.7 Å². The Morgan fingerprint density at radius 3 is 2.50 bits per heavy atom. The molecule has 20 heavy (non-hydrogen) atoms. The zero-order chi connectivity index (χ0) is 15.3. The summed E-state index contributed by atoms with van der Waals surface area (Å²) < 4.78 is 29.2. The highest BCUT2D eigenvalue weighted by Crippen LogP contribution is 2.15. The third-order valence-corrected chi connectivity index (χ3v) is 4.99. The minimum Gasteiger partial charge on any atom is -0.352 e. The summed E-state index contributed by atoms with van der Waals surface area (Å²) in [4.78, 5) is 0.334. The van der Waals surface area contributed by atoms with Gasteiger partial charge in [-0.05, 0) is 31.9 Å². The number of nitrogens with zero attached hydrogens (tertiary/aromatic N) is 1. The summed E-state index contributed by atoms with van der Waals surface area (Å²) in [7, 11) is -1.57. The van der Waals surface area contributed by atoms with Crippen LogP contribution in [0.4, 0.5) is 0 Å². The number of rotatable bonds is 8. The van der Waals surface area contributed by atoms with Crippen molar-refractivity contribution in [1.29, 1.82) is 0 Å². The molecule has 0 aliphatic carbocycles. The predicted molar refractivity (Wildman–Crippen MR) is 82.0 cm³/mol. The van der Waals surface area contributed by atoms with E-state index >= 15 is 0 Å². The Bertz CT molecular complexity index is 521. The summed E-state index contributed by atoms with van der Waals surface area (Å²) in [5, 5.41) is 3.28. The monoisotopic (exact) mass is 301 g/mol. The van der Waals surface area contributed by atoms with Gasteiger partial charge in [0, 0.05) is 31.5 Å². The molecule has 1 aromatic rings. The van der Waals surface area contributed by atoms with Crippen LogP contribution in [-0.4, -0.2) is 25.6 Å². The summed E-state index contributed by atoms with van der Waals surface area (Å²) >= 11 is 0. The molecule has 1 unspecified atom stereocenters. The van der Waals surface area contributed by atoms with Crippen LogP contribution in [0.5, 0.6) is 0 Å². The van der Waals surface area contributed by atoms with E-state index in [1.807, 2.05) is 32.4 Å². The maximum absolute atomic E-state index is 12.3. The first kappa shape index (κ1) is 17.2. The zero-order valence-corrected chi connectivity index (χ0v) is 13.9. The van der Waals surface area contributed by atoms with Crippen LogP contribution >= 0.6 is 0 Å². The van der Waals surface area contributed by atoms with Crippen LogP contribution in [0.15, 0.2) is 17.2 Å². The lowest BCUT2D eigenvalue weighted by Crippen LogP contribution is -2.35. The van der Waals surface area contributed by atoms with E-state index < -0.39 is 10.0 Å². The zero-order valence-electron chi connectivity index (χ0n) is 13.1. The van der Waals surface area contributed by atoms with Crippen LogP contribution in [0.2, 0.25) is 0 Å². The van der Waals surface area contributed by atoms with E-state index in [9.17, 15) is 8.42 Å². The topological polar surface area (TPSA) is 63.1 Å². The van der Waals surface area contributed by atoms with Crippen LogP contribution in [0.1, 0.15) is 39.8 Å². The minimum absolute atomic E-state index is 0.0816. The van der Waals surface area contributed by atoms with Crippen molar-refractivity contribution in [3.8, 4) is 0 Å². The average molecular weight is 301 g/mol. The minimum atomic E-state index is -3.44. The highest BCUT2D eigenvalue weighted by atomic mass is 32.2. The van der Waals surface area contributed by atoms with E-state index in [0.29, 0.717) is 11.4 Å². The molecule has 0 saturated carbocycles. The van der Waals surface area contributed by atoms with Crippen molar-refractivity contribution in [1.82, 2.24) is 14.6 Å². The summed E-state index contributed by atoms with van der Waals surface area (Å²) in [5.41, 5.74) is 0.969. The van der Waals surface area contributed by atoms with Gasteiger partial charge in [0.15, 0.2) is 0 Å². The van der Waals surface area contributed by atoms with Gasteiger partial charge in [0.25, 0.3) is 0 Å². The van der Waals surface area contributed by atoms with Crippen LogP contribution < -0.4 is 10.0 Å². The average Bonchev–Trinajstić information content (AvgIpc) is 2.71. The highest BCUT2D eigenvalue weighted by molar-refractivity contribution is 7.89. The van der Waals surface area contributed by atoms with E-state index in [2.05, 4.69) is 17.0 Å². The normalized spacial score (nSPS) is 13.9. The quantitative estimate of drug-likeness (QED) is 0.720.